The van der Waals surface area contributed by atoms with Gasteiger partial charge in [0.2, 0.25) is 5.91 Å². The fraction of sp³-hybridized carbons (Fsp3) is 0.235. The average molecular weight is 329 g/mol. The van der Waals surface area contributed by atoms with Gasteiger partial charge in [0.15, 0.2) is 0 Å². The number of carbonyl (C=O) groups is 2. The van der Waals surface area contributed by atoms with E-state index in [1.807, 2.05) is 0 Å². The molecule has 1 aromatic heterocycles. The number of benzene rings is 1. The van der Waals surface area contributed by atoms with E-state index < -0.39 is 18.0 Å². The van der Waals surface area contributed by atoms with Crippen molar-refractivity contribution in [1.29, 1.82) is 0 Å². The molecule has 1 fully saturated rings. The molecular formula is C17H16FN3O3. The van der Waals surface area contributed by atoms with Crippen molar-refractivity contribution in [3.63, 3.8) is 0 Å². The molecule has 24 heavy (non-hydrogen) atoms. The van der Waals surface area contributed by atoms with Crippen LogP contribution in [0.4, 0.5) is 14.9 Å². The molecule has 3 rings (SSSR count). The first-order valence-electron chi connectivity index (χ1n) is 7.47. The summed E-state index contributed by atoms with van der Waals surface area (Å²) in [5.41, 5.74) is 1.56. The van der Waals surface area contributed by atoms with Crippen LogP contribution in [0.15, 0.2) is 42.7 Å². The molecule has 1 N–H and O–H groups in total. The number of hydrogen-bond donors (Lipinski definition) is 1. The Kier molecular flexibility index (Phi) is 4.41. The molecule has 0 bridgehead atoms. The maximum atomic E-state index is 14.4. The van der Waals surface area contributed by atoms with Crippen LogP contribution in [-0.4, -0.2) is 36.2 Å². The van der Waals surface area contributed by atoms with Gasteiger partial charge in [-0.1, -0.05) is 0 Å². The Morgan fingerprint density at radius 3 is 2.79 bits per heavy atom. The summed E-state index contributed by atoms with van der Waals surface area (Å²) in [5.74, 6) is -0.631. The van der Waals surface area contributed by atoms with E-state index in [2.05, 4.69) is 10.3 Å². The number of aromatic nitrogens is 1. The lowest BCUT2D eigenvalue weighted by Gasteiger charge is -2.14. The van der Waals surface area contributed by atoms with Gasteiger partial charge < -0.3 is 10.1 Å². The quantitative estimate of drug-likeness (QED) is 0.935. The van der Waals surface area contributed by atoms with Crippen LogP contribution in [0.3, 0.4) is 0 Å². The van der Waals surface area contributed by atoms with Gasteiger partial charge in [-0.05, 0) is 35.9 Å². The molecule has 1 aromatic carbocycles. The van der Waals surface area contributed by atoms with E-state index in [1.54, 1.807) is 36.7 Å². The van der Waals surface area contributed by atoms with Crippen molar-refractivity contribution in [2.45, 2.75) is 13.0 Å². The van der Waals surface area contributed by atoms with Crippen molar-refractivity contribution in [3.05, 3.63) is 48.5 Å². The molecule has 2 aromatic rings. The molecule has 1 aliphatic heterocycles. The summed E-state index contributed by atoms with van der Waals surface area (Å²) in [6.45, 7) is 1.88. The van der Waals surface area contributed by atoms with Gasteiger partial charge in [-0.2, -0.15) is 0 Å². The highest BCUT2D eigenvalue weighted by atomic mass is 19.1. The number of ether oxygens (including phenoxy) is 1. The van der Waals surface area contributed by atoms with Gasteiger partial charge in [0, 0.05) is 24.9 Å². The number of halogens is 1. The minimum absolute atomic E-state index is 0.197. The van der Waals surface area contributed by atoms with Crippen molar-refractivity contribution < 1.29 is 18.7 Å². The van der Waals surface area contributed by atoms with Crippen molar-refractivity contribution in [2.24, 2.45) is 0 Å². The van der Waals surface area contributed by atoms with E-state index in [1.165, 1.54) is 17.9 Å². The van der Waals surface area contributed by atoms with Gasteiger partial charge in [0.1, 0.15) is 11.9 Å². The highest BCUT2D eigenvalue weighted by molar-refractivity contribution is 5.90. The summed E-state index contributed by atoms with van der Waals surface area (Å²) in [6.07, 6.45) is 2.17. The Bertz CT molecular complexity index is 767. The van der Waals surface area contributed by atoms with Crippen LogP contribution in [0, 0.1) is 5.82 Å². The van der Waals surface area contributed by atoms with Crippen LogP contribution in [0.2, 0.25) is 0 Å². The molecule has 6 nitrogen and oxygen atoms in total. The predicted molar refractivity (Wildman–Crippen MR) is 85.9 cm³/mol. The van der Waals surface area contributed by atoms with E-state index in [0.29, 0.717) is 16.8 Å². The maximum Gasteiger partial charge on any atom is 0.414 e. The lowest BCUT2D eigenvalue weighted by Crippen LogP contribution is -2.33. The number of nitrogens with one attached hydrogen (secondary N) is 1. The molecule has 1 aliphatic rings. The van der Waals surface area contributed by atoms with Crippen molar-refractivity contribution in [1.82, 2.24) is 10.3 Å². The smallest absolute Gasteiger partial charge is 0.414 e. The van der Waals surface area contributed by atoms with E-state index in [-0.39, 0.29) is 19.0 Å². The molecule has 124 valence electrons. The van der Waals surface area contributed by atoms with Gasteiger partial charge >= 0.3 is 6.09 Å². The molecule has 1 atom stereocenters. The first-order valence-corrected chi connectivity index (χ1v) is 7.47. The minimum atomic E-state index is -0.554. The fourth-order valence-electron chi connectivity index (χ4n) is 2.53. The molecule has 2 amide bonds. The molecule has 0 aliphatic carbocycles. The SMILES string of the molecule is CC(=O)NC[C@H]1CN(c2ccc(-c3ccncc3)c(F)c2)C(=O)O1. The largest absolute Gasteiger partial charge is 0.442 e. The first kappa shape index (κ1) is 15.9. The van der Waals surface area contributed by atoms with Crippen LogP contribution in [0.25, 0.3) is 11.1 Å². The fourth-order valence-corrected chi connectivity index (χ4v) is 2.53. The number of rotatable bonds is 4. The Morgan fingerprint density at radius 2 is 2.12 bits per heavy atom. The normalized spacial score (nSPS) is 16.8. The summed E-state index contributed by atoms with van der Waals surface area (Å²) in [6, 6.07) is 8.02. The molecular weight excluding hydrogens is 313 g/mol. The highest BCUT2D eigenvalue weighted by Gasteiger charge is 2.32. The Labute approximate surface area is 138 Å². The topological polar surface area (TPSA) is 71.5 Å². The van der Waals surface area contributed by atoms with Gasteiger partial charge in [0.25, 0.3) is 0 Å². The zero-order valence-electron chi connectivity index (χ0n) is 13.0. The number of nitrogens with zero attached hydrogens (tertiary/aromatic N) is 2. The maximum absolute atomic E-state index is 14.4. The number of amides is 2. The van der Waals surface area contributed by atoms with E-state index in [4.69, 9.17) is 4.74 Å². The third kappa shape index (κ3) is 3.34. The van der Waals surface area contributed by atoms with Crippen molar-refractivity contribution >= 4 is 17.7 Å². The van der Waals surface area contributed by atoms with E-state index in [0.717, 1.165) is 0 Å². The summed E-state index contributed by atoms with van der Waals surface area (Å²) in [5, 5.41) is 2.60. The standard InChI is InChI=1S/C17H16FN3O3/c1-11(22)20-9-14-10-21(17(23)24-14)13-2-3-15(16(18)8-13)12-4-6-19-7-5-12/h2-8,14H,9-10H2,1H3,(H,20,22)/t14-/m0/s1. The van der Waals surface area contributed by atoms with Crippen LogP contribution in [0.5, 0.6) is 0 Å². The number of carbonyl (C=O) groups excluding carboxylic acids is 2. The lowest BCUT2D eigenvalue weighted by molar-refractivity contribution is -0.119. The summed E-state index contributed by atoms with van der Waals surface area (Å²) in [7, 11) is 0. The molecule has 0 unspecified atom stereocenters. The molecule has 0 saturated carbocycles. The summed E-state index contributed by atoms with van der Waals surface area (Å²) in [4.78, 5) is 28.1. The number of pyridine rings is 1. The number of anilines is 1. The minimum Gasteiger partial charge on any atom is -0.442 e. The van der Waals surface area contributed by atoms with Crippen LogP contribution >= 0.6 is 0 Å². The van der Waals surface area contributed by atoms with Gasteiger partial charge in [-0.15, -0.1) is 0 Å². The third-order valence-electron chi connectivity index (χ3n) is 3.71. The highest BCUT2D eigenvalue weighted by Crippen LogP contribution is 2.28. The van der Waals surface area contributed by atoms with Crippen LogP contribution in [-0.2, 0) is 9.53 Å². The molecule has 7 heteroatoms. The van der Waals surface area contributed by atoms with E-state index >= 15 is 0 Å². The van der Waals surface area contributed by atoms with E-state index in [9.17, 15) is 14.0 Å². The Hall–Kier alpha value is -2.96. The second-order valence-corrected chi connectivity index (χ2v) is 5.45. The lowest BCUT2D eigenvalue weighted by atomic mass is 10.1. The Morgan fingerprint density at radius 1 is 1.38 bits per heavy atom. The monoisotopic (exact) mass is 329 g/mol. The van der Waals surface area contributed by atoms with Crippen LogP contribution < -0.4 is 10.2 Å². The van der Waals surface area contributed by atoms with Crippen molar-refractivity contribution in [3.8, 4) is 11.1 Å². The summed E-state index contributed by atoms with van der Waals surface area (Å²) < 4.78 is 19.6. The molecule has 0 radical (unpaired) electrons. The van der Waals surface area contributed by atoms with Gasteiger partial charge in [-0.25, -0.2) is 9.18 Å². The Balaban J connectivity index is 1.77. The number of cyclic esters (lactones) is 1. The molecule has 0 spiro atoms. The summed E-state index contributed by atoms with van der Waals surface area (Å²) >= 11 is 0. The zero-order chi connectivity index (χ0) is 17.1. The first-order chi connectivity index (χ1) is 11.5. The number of hydrogen-bond acceptors (Lipinski definition) is 4. The molecule has 1 saturated heterocycles. The molecule has 2 heterocycles. The second kappa shape index (κ2) is 6.66. The zero-order valence-corrected chi connectivity index (χ0v) is 13.0. The van der Waals surface area contributed by atoms with Gasteiger partial charge in [-0.3, -0.25) is 14.7 Å². The van der Waals surface area contributed by atoms with Crippen LogP contribution in [0.1, 0.15) is 6.92 Å². The third-order valence-corrected chi connectivity index (χ3v) is 3.71. The van der Waals surface area contributed by atoms with Crippen molar-refractivity contribution in [2.75, 3.05) is 18.0 Å². The van der Waals surface area contributed by atoms with Gasteiger partial charge in [0.05, 0.1) is 18.8 Å². The second-order valence-electron chi connectivity index (χ2n) is 5.45. The average Bonchev–Trinajstić information content (AvgIpc) is 2.94. The predicted octanol–water partition coefficient (Wildman–Crippen LogP) is 2.35.